The van der Waals surface area contributed by atoms with E-state index in [9.17, 15) is 9.59 Å². The van der Waals surface area contributed by atoms with Crippen LogP contribution in [0.3, 0.4) is 0 Å². The second kappa shape index (κ2) is 10.1. The van der Waals surface area contributed by atoms with Gasteiger partial charge in [0.05, 0.1) is 16.1 Å². The van der Waals surface area contributed by atoms with E-state index in [0.717, 1.165) is 51.9 Å². The molecule has 0 spiro atoms. The minimum absolute atomic E-state index is 0.0213. The SMILES string of the molecule is CC1CCN(C(=O)C(C2CCCC2)N2CCN(C(=O)c3ccc(Cl)c(Cl)c3)CC2)CC1. The number of carbonyl (C=O) groups excluding carboxylic acids is 2. The van der Waals surface area contributed by atoms with Crippen molar-refractivity contribution in [1.82, 2.24) is 14.7 Å². The van der Waals surface area contributed by atoms with Gasteiger partial charge in [0, 0.05) is 44.8 Å². The Morgan fingerprint density at radius 1 is 0.871 bits per heavy atom. The first kappa shape index (κ1) is 22.9. The van der Waals surface area contributed by atoms with Crippen LogP contribution in [0.4, 0.5) is 0 Å². The predicted molar refractivity (Wildman–Crippen MR) is 125 cm³/mol. The van der Waals surface area contributed by atoms with Crippen LogP contribution in [0.25, 0.3) is 0 Å². The fourth-order valence-electron chi connectivity index (χ4n) is 5.36. The zero-order valence-corrected chi connectivity index (χ0v) is 19.9. The van der Waals surface area contributed by atoms with Gasteiger partial charge in [0.2, 0.25) is 5.91 Å². The van der Waals surface area contributed by atoms with Crippen LogP contribution in [0.1, 0.15) is 55.8 Å². The number of piperidine rings is 1. The summed E-state index contributed by atoms with van der Waals surface area (Å²) in [5.74, 6) is 1.46. The summed E-state index contributed by atoms with van der Waals surface area (Å²) in [6.45, 7) is 6.80. The van der Waals surface area contributed by atoms with Gasteiger partial charge in [-0.25, -0.2) is 0 Å². The van der Waals surface area contributed by atoms with E-state index in [4.69, 9.17) is 23.2 Å². The van der Waals surface area contributed by atoms with Gasteiger partial charge >= 0.3 is 0 Å². The number of amides is 2. The first-order chi connectivity index (χ1) is 14.9. The molecule has 1 atom stereocenters. The lowest BCUT2D eigenvalue weighted by Gasteiger charge is -2.43. The predicted octanol–water partition coefficient (Wildman–Crippen LogP) is 4.57. The lowest BCUT2D eigenvalue weighted by atomic mass is 9.92. The summed E-state index contributed by atoms with van der Waals surface area (Å²) in [6.07, 6.45) is 6.94. The molecule has 2 amide bonds. The van der Waals surface area contributed by atoms with E-state index in [2.05, 4.69) is 16.7 Å². The monoisotopic (exact) mass is 465 g/mol. The number of likely N-dealkylation sites (tertiary alicyclic amines) is 1. The van der Waals surface area contributed by atoms with Gasteiger partial charge < -0.3 is 9.80 Å². The number of hydrogen-bond acceptors (Lipinski definition) is 3. The Morgan fingerprint density at radius 3 is 2.13 bits per heavy atom. The average molecular weight is 466 g/mol. The van der Waals surface area contributed by atoms with Crippen molar-refractivity contribution in [3.05, 3.63) is 33.8 Å². The first-order valence-electron chi connectivity index (χ1n) is 11.7. The Bertz CT molecular complexity index is 796. The molecule has 170 valence electrons. The van der Waals surface area contributed by atoms with E-state index in [1.54, 1.807) is 18.2 Å². The zero-order valence-electron chi connectivity index (χ0n) is 18.4. The minimum Gasteiger partial charge on any atom is -0.341 e. The van der Waals surface area contributed by atoms with Crippen molar-refractivity contribution in [2.45, 2.75) is 51.5 Å². The summed E-state index contributed by atoms with van der Waals surface area (Å²) in [5.41, 5.74) is 0.564. The third-order valence-electron chi connectivity index (χ3n) is 7.36. The number of benzene rings is 1. The molecule has 1 aliphatic carbocycles. The fraction of sp³-hybridized carbons (Fsp3) is 0.667. The van der Waals surface area contributed by atoms with Crippen molar-refractivity contribution in [1.29, 1.82) is 0 Å². The van der Waals surface area contributed by atoms with Crippen molar-refractivity contribution in [2.24, 2.45) is 11.8 Å². The fourth-order valence-corrected chi connectivity index (χ4v) is 5.66. The highest BCUT2D eigenvalue weighted by Gasteiger charge is 2.39. The number of piperazine rings is 1. The van der Waals surface area contributed by atoms with Crippen LogP contribution in [0.15, 0.2) is 18.2 Å². The smallest absolute Gasteiger partial charge is 0.253 e. The van der Waals surface area contributed by atoms with E-state index >= 15 is 0 Å². The van der Waals surface area contributed by atoms with Crippen molar-refractivity contribution in [3.63, 3.8) is 0 Å². The van der Waals surface area contributed by atoms with Crippen LogP contribution in [-0.2, 0) is 4.79 Å². The second-order valence-corrected chi connectivity index (χ2v) is 10.3. The molecule has 1 aromatic rings. The quantitative estimate of drug-likeness (QED) is 0.653. The molecule has 0 N–H and O–H groups in total. The highest BCUT2D eigenvalue weighted by atomic mass is 35.5. The van der Waals surface area contributed by atoms with Crippen LogP contribution in [-0.4, -0.2) is 71.8 Å². The molecule has 0 radical (unpaired) electrons. The van der Waals surface area contributed by atoms with Gasteiger partial charge in [0.1, 0.15) is 0 Å². The molecule has 1 aromatic carbocycles. The summed E-state index contributed by atoms with van der Waals surface area (Å²) in [6, 6.07) is 5.01. The summed E-state index contributed by atoms with van der Waals surface area (Å²) in [7, 11) is 0. The lowest BCUT2D eigenvalue weighted by molar-refractivity contribution is -0.141. The Balaban J connectivity index is 1.41. The van der Waals surface area contributed by atoms with Crippen LogP contribution >= 0.6 is 23.2 Å². The molecule has 2 heterocycles. The van der Waals surface area contributed by atoms with E-state index in [0.29, 0.717) is 46.4 Å². The average Bonchev–Trinajstić information content (AvgIpc) is 3.30. The molecule has 7 heteroatoms. The van der Waals surface area contributed by atoms with Crippen molar-refractivity contribution >= 4 is 35.0 Å². The minimum atomic E-state index is -0.0295. The maximum absolute atomic E-state index is 13.6. The zero-order chi connectivity index (χ0) is 22.0. The number of nitrogens with zero attached hydrogens (tertiary/aromatic N) is 3. The number of carbonyl (C=O) groups is 2. The third-order valence-corrected chi connectivity index (χ3v) is 8.10. The first-order valence-corrected chi connectivity index (χ1v) is 12.5. The van der Waals surface area contributed by atoms with Crippen molar-refractivity contribution in [2.75, 3.05) is 39.3 Å². The topological polar surface area (TPSA) is 43.9 Å². The summed E-state index contributed by atoms with van der Waals surface area (Å²) < 4.78 is 0. The van der Waals surface area contributed by atoms with Gasteiger partial charge in [-0.2, -0.15) is 0 Å². The molecule has 2 saturated heterocycles. The van der Waals surface area contributed by atoms with E-state index in [1.807, 2.05) is 4.90 Å². The molecular formula is C24H33Cl2N3O2. The van der Waals surface area contributed by atoms with E-state index in [-0.39, 0.29) is 11.9 Å². The summed E-state index contributed by atoms with van der Waals surface area (Å²) in [5, 5.41) is 0.849. The lowest BCUT2D eigenvalue weighted by Crippen LogP contribution is -2.59. The van der Waals surface area contributed by atoms with Gasteiger partial charge in [-0.3, -0.25) is 14.5 Å². The van der Waals surface area contributed by atoms with E-state index < -0.39 is 0 Å². The highest BCUT2D eigenvalue weighted by molar-refractivity contribution is 6.42. The largest absolute Gasteiger partial charge is 0.341 e. The maximum Gasteiger partial charge on any atom is 0.253 e. The molecule has 1 unspecified atom stereocenters. The molecule has 1 saturated carbocycles. The summed E-state index contributed by atoms with van der Waals surface area (Å²) >= 11 is 12.1. The second-order valence-electron chi connectivity index (χ2n) is 9.45. The maximum atomic E-state index is 13.6. The van der Waals surface area contributed by atoms with Gasteiger partial charge in [-0.1, -0.05) is 43.0 Å². The Kier molecular flexibility index (Phi) is 7.45. The van der Waals surface area contributed by atoms with Crippen LogP contribution in [0.2, 0.25) is 10.0 Å². The molecular weight excluding hydrogens is 433 g/mol. The van der Waals surface area contributed by atoms with Gasteiger partial charge in [0.15, 0.2) is 0 Å². The van der Waals surface area contributed by atoms with Crippen molar-refractivity contribution < 1.29 is 9.59 Å². The Morgan fingerprint density at radius 2 is 1.52 bits per heavy atom. The van der Waals surface area contributed by atoms with Crippen molar-refractivity contribution in [3.8, 4) is 0 Å². The van der Waals surface area contributed by atoms with Gasteiger partial charge in [-0.05, 0) is 55.7 Å². The van der Waals surface area contributed by atoms with E-state index in [1.165, 1.54) is 12.8 Å². The molecule has 31 heavy (non-hydrogen) atoms. The molecule has 3 fully saturated rings. The Hall–Kier alpha value is -1.30. The molecule has 0 bridgehead atoms. The number of hydrogen-bond donors (Lipinski definition) is 0. The summed E-state index contributed by atoms with van der Waals surface area (Å²) in [4.78, 5) is 32.8. The molecule has 0 aromatic heterocycles. The molecule has 3 aliphatic rings. The standard InChI is InChI=1S/C24H33Cl2N3O2/c1-17-8-10-28(11-9-17)24(31)22(18-4-2-3-5-18)27-12-14-29(15-13-27)23(30)19-6-7-20(25)21(26)16-19/h6-7,16-18,22H,2-5,8-15H2,1H3. The Labute approximate surface area is 195 Å². The highest BCUT2D eigenvalue weighted by Crippen LogP contribution is 2.33. The number of halogens is 2. The molecule has 2 aliphatic heterocycles. The normalized spacial score (nSPS) is 22.7. The van der Waals surface area contributed by atoms with Crippen LogP contribution in [0, 0.1) is 11.8 Å². The number of rotatable bonds is 4. The van der Waals surface area contributed by atoms with Gasteiger partial charge in [-0.15, -0.1) is 0 Å². The van der Waals surface area contributed by atoms with Gasteiger partial charge in [0.25, 0.3) is 5.91 Å². The van der Waals surface area contributed by atoms with Crippen LogP contribution < -0.4 is 0 Å². The molecule has 4 rings (SSSR count). The molecule has 5 nitrogen and oxygen atoms in total. The third kappa shape index (κ3) is 5.20. The van der Waals surface area contributed by atoms with Crippen LogP contribution in [0.5, 0.6) is 0 Å².